The molecule has 4 N–H and O–H groups in total. The summed E-state index contributed by atoms with van der Waals surface area (Å²) in [5.74, 6) is -2.86. The molecule has 45 heavy (non-hydrogen) atoms. The number of nitrogens with zero attached hydrogens (tertiary/aromatic N) is 2. The van der Waals surface area contributed by atoms with Gasteiger partial charge in [-0.3, -0.25) is 29.3 Å². The van der Waals surface area contributed by atoms with E-state index >= 15 is 0 Å². The van der Waals surface area contributed by atoms with Crippen molar-refractivity contribution in [3.63, 3.8) is 0 Å². The predicted molar refractivity (Wildman–Crippen MR) is 164 cm³/mol. The lowest BCUT2D eigenvalue weighted by Crippen LogP contribution is -2.32. The molecule has 0 bridgehead atoms. The summed E-state index contributed by atoms with van der Waals surface area (Å²) in [4.78, 5) is 66.8. The summed E-state index contributed by atoms with van der Waals surface area (Å²) >= 11 is 2.03. The number of ether oxygens (including phenoxy) is 1. The number of nitro benzene ring substituents is 1. The molecule has 4 aromatic rings. The summed E-state index contributed by atoms with van der Waals surface area (Å²) in [6, 6.07) is 17.0. The van der Waals surface area contributed by atoms with E-state index in [1.165, 1.54) is 48.5 Å². The lowest BCUT2D eigenvalue weighted by atomic mass is 9.83. The zero-order valence-corrected chi connectivity index (χ0v) is 25.2. The molecule has 0 saturated carbocycles. The van der Waals surface area contributed by atoms with E-state index < -0.39 is 56.4 Å². The molecule has 230 valence electrons. The van der Waals surface area contributed by atoms with Gasteiger partial charge in [-0.2, -0.15) is 0 Å². The van der Waals surface area contributed by atoms with Gasteiger partial charge in [-0.25, -0.2) is 18.5 Å². The second kappa shape index (κ2) is 11.6. The minimum Gasteiger partial charge on any atom is -0.484 e. The van der Waals surface area contributed by atoms with Gasteiger partial charge in [0.2, 0.25) is 21.8 Å². The number of primary sulfonamides is 1. The maximum absolute atomic E-state index is 13.9. The molecule has 2 aliphatic heterocycles. The molecule has 1 saturated heterocycles. The highest BCUT2D eigenvalue weighted by molar-refractivity contribution is 8.00. The smallest absolute Gasteiger partial charge is 0.305 e. The van der Waals surface area contributed by atoms with Crippen molar-refractivity contribution in [2.75, 3.05) is 16.8 Å². The molecule has 14 nitrogen and oxygen atoms in total. The third-order valence-corrected chi connectivity index (χ3v) is 10.5. The number of anilines is 2. The first-order valence-corrected chi connectivity index (χ1v) is 16.3. The topological polar surface area (TPSA) is 212 Å². The lowest BCUT2D eigenvalue weighted by molar-refractivity contribution is -0.384. The molecule has 3 heterocycles. The maximum Gasteiger partial charge on any atom is 0.305 e. The van der Waals surface area contributed by atoms with Crippen molar-refractivity contribution in [2.24, 2.45) is 11.1 Å². The van der Waals surface area contributed by atoms with Crippen LogP contribution in [0.15, 0.2) is 87.5 Å². The summed E-state index contributed by atoms with van der Waals surface area (Å²) in [5, 5.41) is 18.4. The van der Waals surface area contributed by atoms with Gasteiger partial charge in [0, 0.05) is 28.6 Å². The molecular weight excluding hydrogens is 647 g/mol. The van der Waals surface area contributed by atoms with Crippen molar-refractivity contribution in [2.45, 2.75) is 21.1 Å². The number of carbonyl (C=O) groups is 3. The third-order valence-electron chi connectivity index (χ3n) is 7.20. The number of benzene rings is 3. The van der Waals surface area contributed by atoms with Crippen molar-refractivity contribution in [3.05, 3.63) is 103 Å². The molecule has 0 radical (unpaired) electrons. The molecule has 3 atom stereocenters. The Labute approximate surface area is 262 Å². The summed E-state index contributed by atoms with van der Waals surface area (Å²) in [6.45, 7) is -0.402. The number of imide groups is 1. The number of nitrogens with two attached hydrogens (primary N) is 1. The molecule has 1 aromatic heterocycles. The Balaban J connectivity index is 1.24. The van der Waals surface area contributed by atoms with Gasteiger partial charge in [-0.05, 0) is 54.1 Å². The molecule has 3 amide bonds. The minimum atomic E-state index is -3.88. The van der Waals surface area contributed by atoms with Gasteiger partial charge in [0.25, 0.3) is 11.6 Å². The highest BCUT2D eigenvalue weighted by atomic mass is 32.2. The standard InChI is InChI=1S/C28H21N5O9S3/c29-45(40,41)19-10-4-15(5-11-19)30-20(34)13-42-18-3-1-2-14(12-18)21-22-24(43-25-23(21)44-28(37)31-25)27(36)32(26(22)35)16-6-8-17(9-7-16)33(38)39/h1-12,21-22,24H,13H2,(H,30,34)(H,31,37)(H2,29,40,41). The fourth-order valence-corrected chi connectivity index (χ4v) is 8.26. The van der Waals surface area contributed by atoms with Crippen molar-refractivity contribution in [1.82, 2.24) is 4.98 Å². The Bertz CT molecular complexity index is 2030. The Morgan fingerprint density at radius 3 is 2.42 bits per heavy atom. The van der Waals surface area contributed by atoms with E-state index in [-0.39, 0.29) is 26.9 Å². The molecular formula is C28H21N5O9S3. The number of thioether (sulfide) groups is 1. The van der Waals surface area contributed by atoms with Crippen LogP contribution in [0.2, 0.25) is 0 Å². The van der Waals surface area contributed by atoms with Crippen LogP contribution in [0.25, 0.3) is 0 Å². The van der Waals surface area contributed by atoms with Gasteiger partial charge in [0.05, 0.1) is 26.5 Å². The number of hydrogen-bond acceptors (Lipinski definition) is 11. The highest BCUT2D eigenvalue weighted by Gasteiger charge is 2.56. The van der Waals surface area contributed by atoms with E-state index in [4.69, 9.17) is 9.88 Å². The van der Waals surface area contributed by atoms with Crippen LogP contribution in [0.1, 0.15) is 16.4 Å². The van der Waals surface area contributed by atoms with Crippen LogP contribution in [-0.2, 0) is 24.4 Å². The fraction of sp³-hybridized carbons (Fsp3) is 0.143. The number of nitro groups is 1. The number of thiazole rings is 1. The van der Waals surface area contributed by atoms with E-state index in [1.807, 2.05) is 0 Å². The summed E-state index contributed by atoms with van der Waals surface area (Å²) in [5.41, 5.74) is 0.911. The molecule has 3 aromatic carbocycles. The van der Waals surface area contributed by atoms with Crippen LogP contribution in [0.4, 0.5) is 17.1 Å². The van der Waals surface area contributed by atoms with Crippen molar-refractivity contribution in [3.8, 4) is 5.75 Å². The first-order chi connectivity index (χ1) is 21.4. The van der Waals surface area contributed by atoms with Crippen LogP contribution < -0.4 is 25.0 Å². The number of carbonyl (C=O) groups excluding carboxylic acids is 3. The van der Waals surface area contributed by atoms with Crippen molar-refractivity contribution in [1.29, 1.82) is 0 Å². The second-order valence-electron chi connectivity index (χ2n) is 10.0. The molecule has 1 fully saturated rings. The largest absolute Gasteiger partial charge is 0.484 e. The number of aromatic amines is 1. The first-order valence-electron chi connectivity index (χ1n) is 13.1. The average molecular weight is 668 g/mol. The normalized spacial score (nSPS) is 19.1. The number of nitrogens with one attached hydrogen (secondary N) is 2. The number of sulfonamides is 1. The zero-order chi connectivity index (χ0) is 32.0. The summed E-state index contributed by atoms with van der Waals surface area (Å²) < 4.78 is 28.6. The lowest BCUT2D eigenvalue weighted by Gasteiger charge is -2.30. The number of aromatic nitrogens is 1. The van der Waals surface area contributed by atoms with Crippen LogP contribution >= 0.6 is 23.1 Å². The Morgan fingerprint density at radius 1 is 1.04 bits per heavy atom. The van der Waals surface area contributed by atoms with Gasteiger partial charge in [-0.15, -0.1) is 0 Å². The number of H-pyrrole nitrogens is 1. The monoisotopic (exact) mass is 667 g/mol. The zero-order valence-electron chi connectivity index (χ0n) is 22.7. The van der Waals surface area contributed by atoms with E-state index in [1.54, 1.807) is 24.3 Å². The molecule has 17 heteroatoms. The SMILES string of the molecule is NS(=O)(=O)c1ccc(NC(=O)COc2cccc(C3c4sc(=O)[nH]c4SC4C(=O)N(c5ccc([N+](=O)[O-])cc5)C(=O)C43)c2)cc1. The summed E-state index contributed by atoms with van der Waals surface area (Å²) in [6.07, 6.45) is 0. The second-order valence-corrected chi connectivity index (χ2v) is 13.7. The number of fused-ring (bicyclic) bond motifs is 2. The molecule has 0 aliphatic carbocycles. The molecule has 2 aliphatic rings. The minimum absolute atomic E-state index is 0.106. The van der Waals surface area contributed by atoms with Crippen LogP contribution in [0.3, 0.4) is 0 Å². The fourth-order valence-electron chi connectivity index (χ4n) is 5.23. The van der Waals surface area contributed by atoms with Gasteiger partial charge in [0.15, 0.2) is 6.61 Å². The number of rotatable bonds is 8. The van der Waals surface area contributed by atoms with Crippen LogP contribution in [0.5, 0.6) is 5.75 Å². The first kappa shape index (κ1) is 30.2. The van der Waals surface area contributed by atoms with E-state index in [0.717, 1.165) is 28.0 Å². The molecule has 3 unspecified atom stereocenters. The number of non-ortho nitro benzene ring substituents is 1. The van der Waals surface area contributed by atoms with Crippen LogP contribution in [-0.4, -0.2) is 47.9 Å². The third kappa shape index (κ3) is 5.85. The van der Waals surface area contributed by atoms with E-state index in [0.29, 0.717) is 21.2 Å². The van der Waals surface area contributed by atoms with Gasteiger partial charge in [-0.1, -0.05) is 35.2 Å². The Morgan fingerprint density at radius 2 is 1.76 bits per heavy atom. The van der Waals surface area contributed by atoms with Crippen molar-refractivity contribution >= 4 is 67.9 Å². The van der Waals surface area contributed by atoms with Crippen LogP contribution in [0, 0.1) is 16.0 Å². The molecule has 6 rings (SSSR count). The number of hydrogen-bond donors (Lipinski definition) is 3. The molecule has 0 spiro atoms. The van der Waals surface area contributed by atoms with E-state index in [2.05, 4.69) is 10.3 Å². The van der Waals surface area contributed by atoms with E-state index in [9.17, 15) is 37.7 Å². The van der Waals surface area contributed by atoms with Crippen molar-refractivity contribution < 1.29 is 32.5 Å². The Kier molecular flexibility index (Phi) is 7.77. The number of amides is 3. The quantitative estimate of drug-likeness (QED) is 0.142. The van der Waals surface area contributed by atoms with Gasteiger partial charge < -0.3 is 15.0 Å². The Hall–Kier alpha value is -4.84. The van der Waals surface area contributed by atoms with Gasteiger partial charge >= 0.3 is 4.87 Å². The van der Waals surface area contributed by atoms with Gasteiger partial charge in [0.1, 0.15) is 11.0 Å². The average Bonchev–Trinajstić information content (AvgIpc) is 3.50. The highest BCUT2D eigenvalue weighted by Crippen LogP contribution is 2.53. The summed E-state index contributed by atoms with van der Waals surface area (Å²) in [7, 11) is -3.88. The predicted octanol–water partition coefficient (Wildman–Crippen LogP) is 2.81. The maximum atomic E-state index is 13.9.